The van der Waals surface area contributed by atoms with Crippen LogP contribution in [-0.4, -0.2) is 17.1 Å². The first-order chi connectivity index (χ1) is 17.9. The summed E-state index contributed by atoms with van der Waals surface area (Å²) in [6.45, 7) is 2.10. The number of nitrogens with two attached hydrogens (primary N) is 1. The molecule has 4 N–H and O–H groups in total. The van der Waals surface area contributed by atoms with E-state index in [4.69, 9.17) is 17.3 Å². The van der Waals surface area contributed by atoms with Crippen LogP contribution in [0.5, 0.6) is 0 Å². The Morgan fingerprint density at radius 1 is 0.921 bits per heavy atom. The fraction of sp³-hybridized carbons (Fsp3) is 0.143. The second kappa shape index (κ2) is 18.1. The number of carbonyl (C=O) groups is 1. The number of halogens is 2. The van der Waals surface area contributed by atoms with Crippen molar-refractivity contribution in [1.82, 2.24) is 4.98 Å². The number of anilines is 3. The van der Waals surface area contributed by atoms with Gasteiger partial charge in [0.1, 0.15) is 7.05 Å². The molecule has 8 nitrogen and oxygen atoms in total. The maximum absolute atomic E-state index is 11.8. The number of alkyl halides is 1. The van der Waals surface area contributed by atoms with Gasteiger partial charge in [-0.2, -0.15) is 4.99 Å². The standard InChI is InChI=1S/C15H17N3O.C8H6ClNO.C5H6N2.ClH/c1-3-12-4-6-13(7-5-12)16-15(19)17-14-8-10-18(2)11-9-14;9-5-7-1-3-8(4-2-7)10-6-11;6-5-1-3-7-4-2-5;/h4-11H,3H2,1-2H3,(H,16,19);1-4H,5H2;1-4H,(H2,6,7);1H. The normalized spacial score (nSPS) is 9.13. The number of carbonyl (C=O) groups excluding carboxylic acids is 2. The van der Waals surface area contributed by atoms with Crippen LogP contribution in [0.1, 0.15) is 18.1 Å². The Kier molecular flexibility index (Phi) is 15.1. The van der Waals surface area contributed by atoms with Crippen molar-refractivity contribution in [3.05, 3.63) is 109 Å². The zero-order chi connectivity index (χ0) is 26.9. The number of nitrogen functional groups attached to an aromatic ring is 1. The van der Waals surface area contributed by atoms with E-state index in [9.17, 15) is 9.59 Å². The van der Waals surface area contributed by atoms with E-state index in [1.807, 2.05) is 72.5 Å². The lowest BCUT2D eigenvalue weighted by Gasteiger charge is -2.07. The highest BCUT2D eigenvalue weighted by molar-refractivity contribution is 6.17. The minimum atomic E-state index is -0.238. The molecule has 0 atom stereocenters. The molecule has 0 spiro atoms. The summed E-state index contributed by atoms with van der Waals surface area (Å²) in [5.74, 6) is 0.477. The number of aryl methyl sites for hydroxylation is 2. The number of aliphatic imine (C=N–C) groups is 1. The summed E-state index contributed by atoms with van der Waals surface area (Å²) in [5, 5.41) is 5.58. The number of urea groups is 1. The van der Waals surface area contributed by atoms with Crippen molar-refractivity contribution >= 4 is 46.5 Å². The van der Waals surface area contributed by atoms with Gasteiger partial charge in [-0.25, -0.2) is 14.2 Å². The van der Waals surface area contributed by atoms with Gasteiger partial charge in [0.25, 0.3) is 0 Å². The molecule has 0 aliphatic carbocycles. The van der Waals surface area contributed by atoms with Crippen molar-refractivity contribution in [2.45, 2.75) is 19.2 Å². The third-order valence-corrected chi connectivity index (χ3v) is 5.14. The van der Waals surface area contributed by atoms with E-state index in [1.54, 1.807) is 36.7 Å². The largest absolute Gasteiger partial charge is 1.00 e. The van der Waals surface area contributed by atoms with Crippen LogP contribution >= 0.6 is 11.6 Å². The Labute approximate surface area is 234 Å². The Morgan fingerprint density at radius 2 is 1.45 bits per heavy atom. The fourth-order valence-corrected chi connectivity index (χ4v) is 2.96. The number of benzene rings is 2. The van der Waals surface area contributed by atoms with Gasteiger partial charge in [-0.1, -0.05) is 31.2 Å². The van der Waals surface area contributed by atoms with E-state index < -0.39 is 0 Å². The number of aromatic nitrogens is 2. The molecule has 0 saturated heterocycles. The van der Waals surface area contributed by atoms with E-state index in [0.717, 1.165) is 29.0 Å². The van der Waals surface area contributed by atoms with E-state index in [0.29, 0.717) is 11.6 Å². The van der Waals surface area contributed by atoms with Gasteiger partial charge >= 0.3 is 6.03 Å². The van der Waals surface area contributed by atoms with Gasteiger partial charge < -0.3 is 28.8 Å². The molecule has 2 heterocycles. The molecule has 0 bridgehead atoms. The minimum absolute atomic E-state index is 0. The maximum Gasteiger partial charge on any atom is 0.323 e. The lowest BCUT2D eigenvalue weighted by Crippen LogP contribution is -3.00. The zero-order valence-electron chi connectivity index (χ0n) is 21.1. The summed E-state index contributed by atoms with van der Waals surface area (Å²) in [6.07, 6.45) is 9.54. The first-order valence-electron chi connectivity index (χ1n) is 11.4. The van der Waals surface area contributed by atoms with Crippen LogP contribution in [0.25, 0.3) is 0 Å². The van der Waals surface area contributed by atoms with E-state index in [2.05, 4.69) is 27.5 Å². The smallest absolute Gasteiger partial charge is 0.323 e. The molecular weight excluding hydrogens is 523 g/mol. The van der Waals surface area contributed by atoms with Gasteiger partial charge in [0.05, 0.1) is 11.4 Å². The Morgan fingerprint density at radius 3 is 1.89 bits per heavy atom. The highest BCUT2D eigenvalue weighted by Crippen LogP contribution is 2.13. The molecule has 10 heteroatoms. The highest BCUT2D eigenvalue weighted by Gasteiger charge is 2.03. The van der Waals surface area contributed by atoms with Gasteiger partial charge in [0.15, 0.2) is 12.4 Å². The van der Waals surface area contributed by atoms with Gasteiger partial charge in [0.2, 0.25) is 6.08 Å². The minimum Gasteiger partial charge on any atom is -1.00 e. The summed E-state index contributed by atoms with van der Waals surface area (Å²) in [7, 11) is 1.93. The van der Waals surface area contributed by atoms with Gasteiger partial charge in [0, 0.05) is 41.8 Å². The molecule has 0 unspecified atom stereocenters. The van der Waals surface area contributed by atoms with Crippen molar-refractivity contribution in [2.75, 3.05) is 16.4 Å². The van der Waals surface area contributed by atoms with Crippen molar-refractivity contribution in [3.8, 4) is 0 Å². The van der Waals surface area contributed by atoms with Crippen molar-refractivity contribution in [3.63, 3.8) is 0 Å². The summed E-state index contributed by atoms with van der Waals surface area (Å²) in [6, 6.07) is 21.9. The fourth-order valence-electron chi connectivity index (χ4n) is 2.78. The van der Waals surface area contributed by atoms with Crippen LogP contribution in [0.15, 0.2) is 103 Å². The van der Waals surface area contributed by atoms with Crippen LogP contribution < -0.4 is 33.3 Å². The first kappa shape index (κ1) is 31.8. The molecule has 0 fully saturated rings. The summed E-state index contributed by atoms with van der Waals surface area (Å²) >= 11 is 5.55. The van der Waals surface area contributed by atoms with Crippen LogP contribution in [0, 0.1) is 0 Å². The summed E-state index contributed by atoms with van der Waals surface area (Å²) in [4.78, 5) is 28.8. The molecule has 0 radical (unpaired) electrons. The number of nitrogens with zero attached hydrogens (tertiary/aromatic N) is 3. The average molecular weight is 553 g/mol. The number of hydrogen-bond acceptors (Lipinski definition) is 5. The third kappa shape index (κ3) is 12.6. The monoisotopic (exact) mass is 552 g/mol. The topological polar surface area (TPSA) is 113 Å². The van der Waals surface area contributed by atoms with Crippen molar-refractivity contribution in [1.29, 1.82) is 0 Å². The molecule has 198 valence electrons. The van der Waals surface area contributed by atoms with Gasteiger partial charge in [-0.3, -0.25) is 4.98 Å². The Hall–Kier alpha value is -4.23. The molecule has 0 aliphatic heterocycles. The molecule has 38 heavy (non-hydrogen) atoms. The molecule has 0 aliphatic rings. The van der Waals surface area contributed by atoms with Crippen LogP contribution in [0.4, 0.5) is 27.5 Å². The molecular formula is C28H30Cl2N6O2. The van der Waals surface area contributed by atoms with Gasteiger partial charge in [-0.15, -0.1) is 11.6 Å². The molecule has 4 aromatic rings. The first-order valence-corrected chi connectivity index (χ1v) is 12.0. The Balaban J connectivity index is 0.000000320. The van der Waals surface area contributed by atoms with E-state index in [1.165, 1.54) is 11.6 Å². The molecule has 2 amide bonds. The number of amides is 2. The van der Waals surface area contributed by atoms with Gasteiger partial charge in [-0.05, 0) is 53.9 Å². The van der Waals surface area contributed by atoms with E-state index >= 15 is 0 Å². The Bertz CT molecular complexity index is 1260. The second-order valence-electron chi connectivity index (χ2n) is 7.67. The quantitative estimate of drug-likeness (QED) is 0.153. The lowest BCUT2D eigenvalue weighted by molar-refractivity contribution is -0.671. The van der Waals surface area contributed by atoms with Crippen LogP contribution in [0.2, 0.25) is 0 Å². The van der Waals surface area contributed by atoms with Crippen LogP contribution in [0.3, 0.4) is 0 Å². The predicted molar refractivity (Wildman–Crippen MR) is 149 cm³/mol. The number of isocyanates is 1. The number of rotatable bonds is 5. The SMILES string of the molecule is CCc1ccc(NC(=O)Nc2cc[n+](C)cc2)cc1.Nc1ccncc1.O=C=Nc1ccc(CCl)cc1.[Cl-]. The molecule has 4 rings (SSSR count). The molecule has 0 saturated carbocycles. The number of hydrogen-bond donors (Lipinski definition) is 3. The van der Waals surface area contributed by atoms with Crippen LogP contribution in [-0.2, 0) is 24.1 Å². The zero-order valence-corrected chi connectivity index (χ0v) is 22.7. The van der Waals surface area contributed by atoms with E-state index in [-0.39, 0.29) is 18.4 Å². The van der Waals surface area contributed by atoms with Crippen molar-refractivity contribution in [2.24, 2.45) is 12.0 Å². The maximum atomic E-state index is 11.8. The second-order valence-corrected chi connectivity index (χ2v) is 7.93. The molecule has 2 aromatic carbocycles. The average Bonchev–Trinajstić information content (AvgIpc) is 2.92. The van der Waals surface area contributed by atoms with Crippen molar-refractivity contribution < 1.29 is 26.6 Å². The number of pyridine rings is 2. The highest BCUT2D eigenvalue weighted by atomic mass is 35.5. The predicted octanol–water partition coefficient (Wildman–Crippen LogP) is 2.78. The lowest BCUT2D eigenvalue weighted by atomic mass is 10.1. The third-order valence-electron chi connectivity index (χ3n) is 4.83. The summed E-state index contributed by atoms with van der Waals surface area (Å²) < 4.78 is 1.91. The summed E-state index contributed by atoms with van der Waals surface area (Å²) in [5.41, 5.74) is 10.5. The number of nitrogens with one attached hydrogen (secondary N) is 2. The molecule has 2 aromatic heterocycles.